The van der Waals surface area contributed by atoms with Crippen LogP contribution in [0.2, 0.25) is 0 Å². The van der Waals surface area contributed by atoms with Crippen molar-refractivity contribution in [3.8, 4) is 0 Å². The van der Waals surface area contributed by atoms with Crippen LogP contribution in [0.15, 0.2) is 29.2 Å². The molecule has 0 saturated carbocycles. The summed E-state index contributed by atoms with van der Waals surface area (Å²) in [6.07, 6.45) is 2.37. The zero-order valence-electron chi connectivity index (χ0n) is 8.95. The molecule has 0 aliphatic carbocycles. The van der Waals surface area contributed by atoms with E-state index in [0.717, 1.165) is 22.3 Å². The third-order valence-corrected chi connectivity index (χ3v) is 3.62. The molecule has 0 fully saturated rings. The topological polar surface area (TPSA) is 0 Å². The van der Waals surface area contributed by atoms with Crippen LogP contribution in [0.1, 0.15) is 19.8 Å². The average molecular weight is 244 g/mol. The van der Waals surface area contributed by atoms with Crippen LogP contribution in [0.3, 0.4) is 0 Å². The van der Waals surface area contributed by atoms with Gasteiger partial charge in [-0.2, -0.15) is 12.6 Å². The van der Waals surface area contributed by atoms with Gasteiger partial charge in [-0.15, -0.1) is 11.8 Å². The number of thiol groups is 1. The summed E-state index contributed by atoms with van der Waals surface area (Å²) in [6, 6.07) is 6.70. The molecule has 1 rings (SSSR count). The van der Waals surface area contributed by atoms with Gasteiger partial charge in [-0.05, 0) is 54.5 Å². The minimum Gasteiger partial charge on any atom is -0.207 e. The molecule has 1 aromatic carbocycles. The molecule has 0 nitrogen and oxygen atoms in total. The monoisotopic (exact) mass is 244 g/mol. The lowest BCUT2D eigenvalue weighted by Crippen LogP contribution is -1.97. The van der Waals surface area contributed by atoms with E-state index in [0.29, 0.717) is 0 Å². The lowest BCUT2D eigenvalue weighted by Gasteiger charge is -2.08. The molecule has 0 aromatic heterocycles. The quantitative estimate of drug-likeness (QED) is 0.576. The highest BCUT2D eigenvalue weighted by atomic mass is 32.2. The van der Waals surface area contributed by atoms with Gasteiger partial charge >= 0.3 is 0 Å². The molecule has 0 radical (unpaired) electrons. The summed E-state index contributed by atoms with van der Waals surface area (Å²) < 4.78 is 12.6. The number of rotatable bonds is 6. The van der Waals surface area contributed by atoms with Crippen molar-refractivity contribution in [3.05, 3.63) is 30.1 Å². The smallest absolute Gasteiger partial charge is 0.123 e. The molecule has 0 saturated heterocycles. The van der Waals surface area contributed by atoms with Gasteiger partial charge in [-0.25, -0.2) is 4.39 Å². The Balaban J connectivity index is 2.22. The molecule has 1 aromatic rings. The Morgan fingerprint density at radius 2 is 1.93 bits per heavy atom. The summed E-state index contributed by atoms with van der Waals surface area (Å²) in [6.45, 7) is 2.25. The molecule has 0 amide bonds. The van der Waals surface area contributed by atoms with E-state index < -0.39 is 0 Å². The summed E-state index contributed by atoms with van der Waals surface area (Å²) in [7, 11) is 0. The van der Waals surface area contributed by atoms with E-state index in [1.165, 1.54) is 25.0 Å². The molecule has 0 heterocycles. The zero-order chi connectivity index (χ0) is 11.1. The van der Waals surface area contributed by atoms with Crippen molar-refractivity contribution in [2.45, 2.75) is 24.7 Å². The highest BCUT2D eigenvalue weighted by molar-refractivity contribution is 7.99. The maximum absolute atomic E-state index is 12.6. The van der Waals surface area contributed by atoms with Crippen molar-refractivity contribution in [2.24, 2.45) is 5.92 Å². The largest absolute Gasteiger partial charge is 0.207 e. The number of hydrogen-bond donors (Lipinski definition) is 1. The fourth-order valence-electron chi connectivity index (χ4n) is 1.27. The summed E-state index contributed by atoms with van der Waals surface area (Å²) in [4.78, 5) is 1.15. The normalized spacial score (nSPS) is 12.7. The van der Waals surface area contributed by atoms with Crippen LogP contribution in [0.25, 0.3) is 0 Å². The minimum absolute atomic E-state index is 0.164. The number of halogens is 1. The molecule has 1 unspecified atom stereocenters. The van der Waals surface area contributed by atoms with Crippen LogP contribution >= 0.6 is 24.4 Å². The Hall–Kier alpha value is -0.150. The van der Waals surface area contributed by atoms with Gasteiger partial charge in [0.2, 0.25) is 0 Å². The second kappa shape index (κ2) is 7.18. The van der Waals surface area contributed by atoms with Crippen LogP contribution < -0.4 is 0 Å². The van der Waals surface area contributed by atoms with Gasteiger partial charge in [0.15, 0.2) is 0 Å². The Labute approximate surface area is 101 Å². The average Bonchev–Trinajstić information content (AvgIpc) is 2.21. The molecule has 3 heteroatoms. The van der Waals surface area contributed by atoms with E-state index >= 15 is 0 Å². The van der Waals surface area contributed by atoms with Crippen molar-refractivity contribution < 1.29 is 4.39 Å². The third-order valence-electron chi connectivity index (χ3n) is 2.31. The summed E-state index contributed by atoms with van der Waals surface area (Å²) >= 11 is 6.01. The number of benzene rings is 1. The van der Waals surface area contributed by atoms with E-state index in [2.05, 4.69) is 19.6 Å². The maximum Gasteiger partial charge on any atom is 0.123 e. The standard InChI is InChI=1S/C12H17FS2/c1-10(6-8-14)7-9-15-12-4-2-11(13)3-5-12/h2-5,10,14H,6-9H2,1H3. The van der Waals surface area contributed by atoms with E-state index in [1.807, 2.05) is 12.1 Å². The van der Waals surface area contributed by atoms with Crippen LogP contribution in [-0.2, 0) is 0 Å². The maximum atomic E-state index is 12.6. The van der Waals surface area contributed by atoms with Crippen LogP contribution in [0, 0.1) is 11.7 Å². The molecule has 0 aliphatic rings. The Morgan fingerprint density at radius 3 is 2.53 bits per heavy atom. The first-order valence-corrected chi connectivity index (χ1v) is 6.83. The van der Waals surface area contributed by atoms with Crippen LogP contribution in [-0.4, -0.2) is 11.5 Å². The molecule has 0 N–H and O–H groups in total. The van der Waals surface area contributed by atoms with Gasteiger partial charge in [0, 0.05) is 4.90 Å². The molecule has 0 spiro atoms. The fourth-order valence-corrected chi connectivity index (χ4v) is 2.80. The predicted octanol–water partition coefficient (Wildman–Crippen LogP) is 4.26. The fraction of sp³-hybridized carbons (Fsp3) is 0.500. The van der Waals surface area contributed by atoms with Crippen LogP contribution in [0.5, 0.6) is 0 Å². The number of hydrogen-bond acceptors (Lipinski definition) is 2. The molecule has 15 heavy (non-hydrogen) atoms. The summed E-state index contributed by atoms with van der Waals surface area (Å²) in [5, 5.41) is 0. The van der Waals surface area contributed by atoms with Crippen molar-refractivity contribution >= 4 is 24.4 Å². The van der Waals surface area contributed by atoms with Crippen molar-refractivity contribution in [2.75, 3.05) is 11.5 Å². The predicted molar refractivity (Wildman–Crippen MR) is 69.4 cm³/mol. The molecular formula is C12H17FS2. The van der Waals surface area contributed by atoms with Gasteiger partial charge in [-0.3, -0.25) is 0 Å². The first-order chi connectivity index (χ1) is 7.22. The highest BCUT2D eigenvalue weighted by Gasteiger charge is 2.01. The summed E-state index contributed by atoms with van der Waals surface area (Å²) in [5.74, 6) is 2.63. The van der Waals surface area contributed by atoms with E-state index in [4.69, 9.17) is 0 Å². The van der Waals surface area contributed by atoms with Crippen molar-refractivity contribution in [1.82, 2.24) is 0 Å². The zero-order valence-corrected chi connectivity index (χ0v) is 10.7. The van der Waals surface area contributed by atoms with E-state index in [-0.39, 0.29) is 5.82 Å². The molecule has 0 bridgehead atoms. The first-order valence-electron chi connectivity index (χ1n) is 5.21. The highest BCUT2D eigenvalue weighted by Crippen LogP contribution is 2.21. The molecule has 1 atom stereocenters. The molecular weight excluding hydrogens is 227 g/mol. The van der Waals surface area contributed by atoms with E-state index in [1.54, 1.807) is 11.8 Å². The molecule has 84 valence electrons. The summed E-state index contributed by atoms with van der Waals surface area (Å²) in [5.41, 5.74) is 0. The van der Waals surface area contributed by atoms with Gasteiger partial charge < -0.3 is 0 Å². The van der Waals surface area contributed by atoms with Crippen molar-refractivity contribution in [3.63, 3.8) is 0 Å². The Morgan fingerprint density at radius 1 is 1.27 bits per heavy atom. The number of thioether (sulfide) groups is 1. The van der Waals surface area contributed by atoms with Gasteiger partial charge in [0.05, 0.1) is 0 Å². The lowest BCUT2D eigenvalue weighted by atomic mass is 10.1. The van der Waals surface area contributed by atoms with Crippen LogP contribution in [0.4, 0.5) is 4.39 Å². The van der Waals surface area contributed by atoms with E-state index in [9.17, 15) is 4.39 Å². The minimum atomic E-state index is -0.164. The first kappa shape index (κ1) is 12.9. The SMILES string of the molecule is CC(CCS)CCSc1ccc(F)cc1. The Kier molecular flexibility index (Phi) is 6.18. The van der Waals surface area contributed by atoms with Gasteiger partial charge in [0.25, 0.3) is 0 Å². The Bertz CT molecular complexity index is 271. The molecule has 0 aliphatic heterocycles. The van der Waals surface area contributed by atoms with Crippen molar-refractivity contribution in [1.29, 1.82) is 0 Å². The van der Waals surface area contributed by atoms with Gasteiger partial charge in [-0.1, -0.05) is 6.92 Å². The van der Waals surface area contributed by atoms with Gasteiger partial charge in [0.1, 0.15) is 5.82 Å². The second-order valence-electron chi connectivity index (χ2n) is 3.71. The lowest BCUT2D eigenvalue weighted by molar-refractivity contribution is 0.554. The third kappa shape index (κ3) is 5.47. The second-order valence-corrected chi connectivity index (χ2v) is 5.32.